The molecular weight excluding hydrogens is 367 g/mol. The van der Waals surface area contributed by atoms with Gasteiger partial charge in [-0.25, -0.2) is 9.07 Å². The molecule has 0 unspecified atom stereocenters. The average Bonchev–Trinajstić information content (AvgIpc) is 3.21. The molecule has 1 N–H and O–H groups in total. The zero-order valence-electron chi connectivity index (χ0n) is 15.8. The predicted molar refractivity (Wildman–Crippen MR) is 111 cm³/mol. The van der Waals surface area contributed by atoms with Gasteiger partial charge in [-0.15, -0.1) is 0 Å². The first-order valence-electron chi connectivity index (χ1n) is 9.31. The number of aromatic nitrogens is 3. The molecule has 4 rings (SSSR count). The smallest absolute Gasteiger partial charge is 0.276 e. The second kappa shape index (κ2) is 8.06. The number of benzene rings is 2. The number of pyridine rings is 1. The highest BCUT2D eigenvalue weighted by molar-refractivity contribution is 6.03. The molecule has 2 aromatic carbocycles. The topological polar surface area (TPSA) is 59.8 Å². The summed E-state index contributed by atoms with van der Waals surface area (Å²) in [4.78, 5) is 16.9. The number of nitrogens with one attached hydrogen (secondary N) is 1. The molecule has 6 heteroatoms. The zero-order valence-corrected chi connectivity index (χ0v) is 15.8. The molecule has 4 aromatic rings. The van der Waals surface area contributed by atoms with Gasteiger partial charge in [0, 0.05) is 23.6 Å². The van der Waals surface area contributed by atoms with E-state index in [0.717, 1.165) is 12.0 Å². The third-order valence-electron chi connectivity index (χ3n) is 4.59. The molecule has 1 amide bonds. The van der Waals surface area contributed by atoms with Crippen LogP contribution in [0.4, 0.5) is 10.1 Å². The van der Waals surface area contributed by atoms with Gasteiger partial charge in [0.15, 0.2) is 5.69 Å². The van der Waals surface area contributed by atoms with Crippen LogP contribution in [0.5, 0.6) is 0 Å². The predicted octanol–water partition coefficient (Wildman–Crippen LogP) is 4.89. The largest absolute Gasteiger partial charge is 0.321 e. The molecule has 5 nitrogen and oxygen atoms in total. The maximum atomic E-state index is 13.4. The van der Waals surface area contributed by atoms with Crippen LogP contribution in [-0.4, -0.2) is 20.7 Å². The summed E-state index contributed by atoms with van der Waals surface area (Å²) in [5, 5.41) is 7.34. The lowest BCUT2D eigenvalue weighted by Gasteiger charge is -2.07. The number of halogens is 1. The quantitative estimate of drug-likeness (QED) is 0.531. The van der Waals surface area contributed by atoms with Crippen molar-refractivity contribution in [3.8, 4) is 16.9 Å². The lowest BCUT2D eigenvalue weighted by atomic mass is 10.1. The lowest BCUT2D eigenvalue weighted by Crippen LogP contribution is -2.13. The van der Waals surface area contributed by atoms with Gasteiger partial charge in [0.05, 0.1) is 11.4 Å². The monoisotopic (exact) mass is 386 g/mol. The summed E-state index contributed by atoms with van der Waals surface area (Å²) < 4.78 is 15.0. The first-order chi connectivity index (χ1) is 14.1. The molecule has 0 radical (unpaired) electrons. The van der Waals surface area contributed by atoms with Crippen LogP contribution in [-0.2, 0) is 6.42 Å². The molecule has 0 saturated heterocycles. The fourth-order valence-corrected chi connectivity index (χ4v) is 3.01. The third-order valence-corrected chi connectivity index (χ3v) is 4.59. The Bertz CT molecular complexity index is 1120. The minimum Gasteiger partial charge on any atom is -0.321 e. The minimum atomic E-state index is -0.336. The Morgan fingerprint density at radius 2 is 1.83 bits per heavy atom. The number of hydrogen-bond acceptors (Lipinski definition) is 3. The van der Waals surface area contributed by atoms with E-state index in [4.69, 9.17) is 0 Å². The summed E-state index contributed by atoms with van der Waals surface area (Å²) in [6.45, 7) is 2.08. The Morgan fingerprint density at radius 3 is 2.48 bits per heavy atom. The Hall–Kier alpha value is -3.80. The molecule has 2 heterocycles. The first kappa shape index (κ1) is 18.6. The maximum Gasteiger partial charge on any atom is 0.276 e. The number of carbonyl (C=O) groups excluding carboxylic acids is 1. The number of rotatable bonds is 5. The van der Waals surface area contributed by atoms with Crippen molar-refractivity contribution in [3.63, 3.8) is 0 Å². The van der Waals surface area contributed by atoms with Crippen LogP contribution in [0.1, 0.15) is 23.0 Å². The molecule has 2 aromatic heterocycles. The molecule has 0 aliphatic rings. The normalized spacial score (nSPS) is 10.7. The Balaban J connectivity index is 1.70. The van der Waals surface area contributed by atoms with Crippen LogP contribution in [0.3, 0.4) is 0 Å². The summed E-state index contributed by atoms with van der Waals surface area (Å²) in [6, 6.07) is 19.1. The van der Waals surface area contributed by atoms with E-state index in [-0.39, 0.29) is 17.4 Å². The summed E-state index contributed by atoms with van der Waals surface area (Å²) >= 11 is 0. The highest BCUT2D eigenvalue weighted by Crippen LogP contribution is 2.24. The van der Waals surface area contributed by atoms with Crippen molar-refractivity contribution in [2.45, 2.75) is 13.3 Å². The molecule has 0 fully saturated rings. The van der Waals surface area contributed by atoms with Gasteiger partial charge in [-0.1, -0.05) is 19.1 Å². The SMILES string of the molecule is CCc1ccc(NC(=O)c2cc(-c3cccnc3)n(-c3ccc(F)cc3)n2)cc1. The van der Waals surface area contributed by atoms with Crippen molar-refractivity contribution in [3.05, 3.63) is 96.2 Å². The Morgan fingerprint density at radius 1 is 1.07 bits per heavy atom. The highest BCUT2D eigenvalue weighted by atomic mass is 19.1. The van der Waals surface area contributed by atoms with Crippen LogP contribution in [0.25, 0.3) is 16.9 Å². The van der Waals surface area contributed by atoms with Crippen LogP contribution >= 0.6 is 0 Å². The summed E-state index contributed by atoms with van der Waals surface area (Å²) in [5.41, 5.74) is 4.30. The van der Waals surface area contributed by atoms with Crippen molar-refractivity contribution >= 4 is 11.6 Å². The number of aryl methyl sites for hydroxylation is 1. The zero-order chi connectivity index (χ0) is 20.2. The minimum absolute atomic E-state index is 0.257. The molecule has 0 aliphatic carbocycles. The molecule has 144 valence electrons. The van der Waals surface area contributed by atoms with Crippen LogP contribution in [0.2, 0.25) is 0 Å². The van der Waals surface area contributed by atoms with E-state index in [1.807, 2.05) is 36.4 Å². The van der Waals surface area contributed by atoms with Crippen molar-refractivity contribution in [1.82, 2.24) is 14.8 Å². The van der Waals surface area contributed by atoms with Crippen LogP contribution < -0.4 is 5.32 Å². The summed E-state index contributed by atoms with van der Waals surface area (Å²) in [5.74, 6) is -0.655. The standard InChI is InChI=1S/C23H19FN4O/c1-2-16-5-9-19(10-6-16)26-23(29)21-14-22(17-4-3-13-25-15-17)28(27-21)20-11-7-18(24)8-12-20/h3-15H,2H2,1H3,(H,26,29). The van der Waals surface area contributed by atoms with Gasteiger partial charge in [0.1, 0.15) is 5.82 Å². The van der Waals surface area contributed by atoms with Crippen molar-refractivity contribution < 1.29 is 9.18 Å². The molecule has 0 bridgehead atoms. The fourth-order valence-electron chi connectivity index (χ4n) is 3.01. The summed E-state index contributed by atoms with van der Waals surface area (Å²) in [6.07, 6.45) is 4.31. The fraction of sp³-hybridized carbons (Fsp3) is 0.0870. The molecule has 0 aliphatic heterocycles. The van der Waals surface area contributed by atoms with E-state index in [0.29, 0.717) is 17.1 Å². The Kier molecular flexibility index (Phi) is 5.16. The van der Waals surface area contributed by atoms with E-state index in [1.165, 1.54) is 17.7 Å². The second-order valence-electron chi connectivity index (χ2n) is 6.55. The number of amides is 1. The van der Waals surface area contributed by atoms with Crippen LogP contribution in [0.15, 0.2) is 79.1 Å². The van der Waals surface area contributed by atoms with E-state index in [9.17, 15) is 9.18 Å². The second-order valence-corrected chi connectivity index (χ2v) is 6.55. The van der Waals surface area contributed by atoms with E-state index in [2.05, 4.69) is 22.3 Å². The average molecular weight is 386 g/mol. The first-order valence-corrected chi connectivity index (χ1v) is 9.31. The summed E-state index contributed by atoms with van der Waals surface area (Å²) in [7, 11) is 0. The van der Waals surface area contributed by atoms with Crippen molar-refractivity contribution in [2.24, 2.45) is 0 Å². The van der Waals surface area contributed by atoms with Gasteiger partial charge in [-0.05, 0) is 66.6 Å². The maximum absolute atomic E-state index is 13.4. The van der Waals surface area contributed by atoms with E-state index >= 15 is 0 Å². The van der Waals surface area contributed by atoms with Crippen molar-refractivity contribution in [1.29, 1.82) is 0 Å². The Labute approximate surface area is 167 Å². The van der Waals surface area contributed by atoms with Crippen LogP contribution in [0, 0.1) is 5.82 Å². The lowest BCUT2D eigenvalue weighted by molar-refractivity contribution is 0.102. The molecular formula is C23H19FN4O. The molecule has 29 heavy (non-hydrogen) atoms. The number of anilines is 1. The number of nitrogens with zero attached hydrogens (tertiary/aromatic N) is 3. The van der Waals surface area contributed by atoms with Crippen molar-refractivity contribution in [2.75, 3.05) is 5.32 Å². The molecule has 0 saturated carbocycles. The van der Waals surface area contributed by atoms with Gasteiger partial charge in [0.25, 0.3) is 5.91 Å². The number of hydrogen-bond donors (Lipinski definition) is 1. The van der Waals surface area contributed by atoms with E-state index in [1.54, 1.807) is 35.3 Å². The molecule has 0 atom stereocenters. The van der Waals surface area contributed by atoms with Gasteiger partial charge < -0.3 is 5.32 Å². The van der Waals surface area contributed by atoms with Gasteiger partial charge in [0.2, 0.25) is 0 Å². The number of carbonyl (C=O) groups is 1. The highest BCUT2D eigenvalue weighted by Gasteiger charge is 2.17. The third kappa shape index (κ3) is 4.06. The van der Waals surface area contributed by atoms with Gasteiger partial charge in [-0.2, -0.15) is 5.10 Å². The van der Waals surface area contributed by atoms with Gasteiger partial charge >= 0.3 is 0 Å². The van der Waals surface area contributed by atoms with E-state index < -0.39 is 0 Å². The van der Waals surface area contributed by atoms with Gasteiger partial charge in [-0.3, -0.25) is 9.78 Å². The molecule has 0 spiro atoms.